The Labute approximate surface area is 115 Å². The van der Waals surface area contributed by atoms with Gasteiger partial charge in [-0.1, -0.05) is 43.7 Å². The number of hydrogen-bond acceptors (Lipinski definition) is 3. The summed E-state index contributed by atoms with van der Waals surface area (Å²) < 4.78 is 0. The second kappa shape index (κ2) is 6.04. The van der Waals surface area contributed by atoms with Gasteiger partial charge in [-0.05, 0) is 31.4 Å². The van der Waals surface area contributed by atoms with E-state index in [1.807, 2.05) is 0 Å². The van der Waals surface area contributed by atoms with E-state index in [9.17, 15) is 10.2 Å². The lowest BCUT2D eigenvalue weighted by Gasteiger charge is -2.25. The largest absolute Gasteiger partial charge is 0.390 e. The molecule has 2 rings (SSSR count). The van der Waals surface area contributed by atoms with Gasteiger partial charge in [0.2, 0.25) is 0 Å². The molecule has 4 atom stereocenters. The summed E-state index contributed by atoms with van der Waals surface area (Å²) in [6.45, 7) is 7.21. The van der Waals surface area contributed by atoms with Crippen molar-refractivity contribution in [1.82, 2.24) is 5.32 Å². The first-order valence-corrected chi connectivity index (χ1v) is 7.15. The van der Waals surface area contributed by atoms with Crippen LogP contribution in [0.25, 0.3) is 0 Å². The molecule has 0 saturated heterocycles. The van der Waals surface area contributed by atoms with Crippen molar-refractivity contribution in [3.05, 3.63) is 35.4 Å². The minimum atomic E-state index is -0.676. The summed E-state index contributed by atoms with van der Waals surface area (Å²) in [6, 6.07) is 8.33. The van der Waals surface area contributed by atoms with Crippen LogP contribution in [-0.4, -0.2) is 35.0 Å². The maximum atomic E-state index is 10.1. The predicted octanol–water partition coefficient (Wildman–Crippen LogP) is 1.82. The van der Waals surface area contributed by atoms with Crippen LogP contribution in [0.15, 0.2) is 24.3 Å². The van der Waals surface area contributed by atoms with E-state index in [-0.39, 0.29) is 12.0 Å². The van der Waals surface area contributed by atoms with Crippen LogP contribution in [0, 0.1) is 12.8 Å². The zero-order valence-electron chi connectivity index (χ0n) is 12.0. The molecule has 1 saturated carbocycles. The van der Waals surface area contributed by atoms with E-state index in [2.05, 4.69) is 50.4 Å². The van der Waals surface area contributed by atoms with Crippen molar-refractivity contribution < 1.29 is 10.2 Å². The first-order valence-electron chi connectivity index (χ1n) is 7.15. The minimum Gasteiger partial charge on any atom is -0.390 e. The number of aryl methyl sites for hydroxylation is 1. The third-order valence-electron chi connectivity index (χ3n) is 3.96. The SMILES string of the molecule is Cc1ccc(C2CC(O)C(O)C2NCC(C)C)cc1. The van der Waals surface area contributed by atoms with Crippen molar-refractivity contribution in [2.45, 2.75) is 51.4 Å². The fourth-order valence-corrected chi connectivity index (χ4v) is 2.82. The molecule has 1 aliphatic carbocycles. The lowest BCUT2D eigenvalue weighted by atomic mass is 9.92. The lowest BCUT2D eigenvalue weighted by Crippen LogP contribution is -2.43. The fourth-order valence-electron chi connectivity index (χ4n) is 2.82. The third-order valence-corrected chi connectivity index (χ3v) is 3.96. The molecule has 0 radical (unpaired) electrons. The molecule has 1 aromatic rings. The average Bonchev–Trinajstić information content (AvgIpc) is 2.64. The van der Waals surface area contributed by atoms with Crippen molar-refractivity contribution in [2.75, 3.05) is 6.54 Å². The monoisotopic (exact) mass is 263 g/mol. The van der Waals surface area contributed by atoms with Crippen molar-refractivity contribution in [3.8, 4) is 0 Å². The Kier molecular flexibility index (Phi) is 4.61. The molecular weight excluding hydrogens is 238 g/mol. The molecule has 1 aromatic carbocycles. The standard InChI is InChI=1S/C16H25NO2/c1-10(2)9-17-15-13(8-14(18)16(15)19)12-6-4-11(3)5-7-12/h4-7,10,13-19H,8-9H2,1-3H3. The number of aliphatic hydroxyl groups is 2. The normalized spacial score (nSPS) is 31.1. The van der Waals surface area contributed by atoms with Crippen LogP contribution in [0.5, 0.6) is 0 Å². The van der Waals surface area contributed by atoms with Gasteiger partial charge in [0, 0.05) is 12.0 Å². The van der Waals surface area contributed by atoms with E-state index >= 15 is 0 Å². The molecular formula is C16H25NO2. The highest BCUT2D eigenvalue weighted by molar-refractivity contribution is 5.28. The molecule has 4 unspecified atom stereocenters. The second-order valence-electron chi connectivity index (χ2n) is 6.14. The molecule has 0 aliphatic heterocycles. The second-order valence-corrected chi connectivity index (χ2v) is 6.14. The summed E-state index contributed by atoms with van der Waals surface area (Å²) in [6.07, 6.45) is -0.680. The molecule has 0 spiro atoms. The molecule has 0 heterocycles. The van der Waals surface area contributed by atoms with Crippen LogP contribution in [0.1, 0.15) is 37.3 Å². The summed E-state index contributed by atoms with van der Waals surface area (Å²) in [4.78, 5) is 0. The van der Waals surface area contributed by atoms with Crippen molar-refractivity contribution in [2.24, 2.45) is 5.92 Å². The van der Waals surface area contributed by atoms with Gasteiger partial charge in [0.15, 0.2) is 0 Å². The van der Waals surface area contributed by atoms with Gasteiger partial charge in [-0.3, -0.25) is 0 Å². The summed E-state index contributed by atoms with van der Waals surface area (Å²) in [5.41, 5.74) is 2.43. The van der Waals surface area contributed by atoms with Crippen LogP contribution in [0.2, 0.25) is 0 Å². The summed E-state index contributed by atoms with van der Waals surface area (Å²) in [7, 11) is 0. The minimum absolute atomic E-state index is 0.0555. The van der Waals surface area contributed by atoms with Crippen LogP contribution < -0.4 is 5.32 Å². The topological polar surface area (TPSA) is 52.5 Å². The van der Waals surface area contributed by atoms with Gasteiger partial charge in [0.05, 0.1) is 12.2 Å². The van der Waals surface area contributed by atoms with E-state index in [0.29, 0.717) is 12.3 Å². The summed E-state index contributed by atoms with van der Waals surface area (Å²) in [5, 5.41) is 23.5. The van der Waals surface area contributed by atoms with Crippen molar-refractivity contribution in [1.29, 1.82) is 0 Å². The first-order chi connectivity index (χ1) is 8.99. The molecule has 1 aliphatic rings. The molecule has 106 valence electrons. The van der Waals surface area contributed by atoms with Gasteiger partial charge >= 0.3 is 0 Å². The Morgan fingerprint density at radius 2 is 1.84 bits per heavy atom. The molecule has 3 N–H and O–H groups in total. The zero-order chi connectivity index (χ0) is 14.0. The average molecular weight is 263 g/mol. The maximum Gasteiger partial charge on any atom is 0.0957 e. The van der Waals surface area contributed by atoms with Gasteiger partial charge in [0.1, 0.15) is 0 Å². The Bertz CT molecular complexity index is 402. The van der Waals surface area contributed by atoms with E-state index < -0.39 is 12.2 Å². The highest BCUT2D eigenvalue weighted by Crippen LogP contribution is 2.35. The first kappa shape index (κ1) is 14.5. The van der Waals surface area contributed by atoms with Crippen molar-refractivity contribution in [3.63, 3.8) is 0 Å². The smallest absolute Gasteiger partial charge is 0.0957 e. The summed E-state index contributed by atoms with van der Waals surface area (Å²) in [5.74, 6) is 0.716. The van der Waals surface area contributed by atoms with Gasteiger partial charge in [0.25, 0.3) is 0 Å². The highest BCUT2D eigenvalue weighted by atomic mass is 16.3. The summed E-state index contributed by atoms with van der Waals surface area (Å²) >= 11 is 0. The van der Waals surface area contributed by atoms with Crippen LogP contribution in [-0.2, 0) is 0 Å². The van der Waals surface area contributed by atoms with Gasteiger partial charge < -0.3 is 15.5 Å². The molecule has 1 fully saturated rings. The Balaban J connectivity index is 2.14. The van der Waals surface area contributed by atoms with E-state index in [1.165, 1.54) is 11.1 Å². The molecule has 3 heteroatoms. The van der Waals surface area contributed by atoms with Gasteiger partial charge in [-0.25, -0.2) is 0 Å². The molecule has 0 bridgehead atoms. The Morgan fingerprint density at radius 1 is 1.21 bits per heavy atom. The number of benzene rings is 1. The number of nitrogens with one attached hydrogen (secondary N) is 1. The Morgan fingerprint density at radius 3 is 2.42 bits per heavy atom. The fraction of sp³-hybridized carbons (Fsp3) is 0.625. The number of rotatable bonds is 4. The predicted molar refractivity (Wildman–Crippen MR) is 77.2 cm³/mol. The van der Waals surface area contributed by atoms with Gasteiger partial charge in [-0.15, -0.1) is 0 Å². The number of aliphatic hydroxyl groups excluding tert-OH is 2. The maximum absolute atomic E-state index is 10.1. The van der Waals surface area contributed by atoms with Crippen molar-refractivity contribution >= 4 is 0 Å². The molecule has 19 heavy (non-hydrogen) atoms. The number of hydrogen-bond donors (Lipinski definition) is 3. The van der Waals surface area contributed by atoms with E-state index in [0.717, 1.165) is 6.54 Å². The molecule has 3 nitrogen and oxygen atoms in total. The molecule has 0 aromatic heterocycles. The van der Waals surface area contributed by atoms with Gasteiger partial charge in [-0.2, -0.15) is 0 Å². The van der Waals surface area contributed by atoms with Crippen LogP contribution in [0.4, 0.5) is 0 Å². The zero-order valence-corrected chi connectivity index (χ0v) is 12.0. The van der Waals surface area contributed by atoms with E-state index in [4.69, 9.17) is 0 Å². The molecule has 0 amide bonds. The quantitative estimate of drug-likeness (QED) is 0.776. The Hall–Kier alpha value is -0.900. The highest BCUT2D eigenvalue weighted by Gasteiger charge is 2.41. The van der Waals surface area contributed by atoms with Crippen LogP contribution in [0.3, 0.4) is 0 Å². The lowest BCUT2D eigenvalue weighted by molar-refractivity contribution is 0.0296. The van der Waals surface area contributed by atoms with E-state index in [1.54, 1.807) is 0 Å². The van der Waals surface area contributed by atoms with Crippen LogP contribution >= 0.6 is 0 Å². The third kappa shape index (κ3) is 3.35.